The second-order valence-electron chi connectivity index (χ2n) is 5.72. The summed E-state index contributed by atoms with van der Waals surface area (Å²) in [6.45, 7) is 0.685. The summed E-state index contributed by atoms with van der Waals surface area (Å²) < 4.78 is 0. The van der Waals surface area contributed by atoms with Crippen LogP contribution in [0.3, 0.4) is 0 Å². The third-order valence-electron chi connectivity index (χ3n) is 4.29. The molecule has 1 aromatic rings. The van der Waals surface area contributed by atoms with Crippen LogP contribution in [0.1, 0.15) is 37.7 Å². The summed E-state index contributed by atoms with van der Waals surface area (Å²) in [4.78, 5) is 25.5. The molecular formula is C16H20N2O2. The van der Waals surface area contributed by atoms with E-state index in [1.807, 2.05) is 24.3 Å². The van der Waals surface area contributed by atoms with Gasteiger partial charge < -0.3 is 5.32 Å². The van der Waals surface area contributed by atoms with Gasteiger partial charge in [-0.15, -0.1) is 0 Å². The lowest BCUT2D eigenvalue weighted by Crippen LogP contribution is -2.43. The number of anilines is 1. The molecule has 20 heavy (non-hydrogen) atoms. The highest BCUT2D eigenvalue weighted by Crippen LogP contribution is 2.28. The first-order valence-electron chi connectivity index (χ1n) is 7.44. The molecule has 1 fully saturated rings. The smallest absolute Gasteiger partial charge is 0.328 e. The topological polar surface area (TPSA) is 49.4 Å². The quantitative estimate of drug-likeness (QED) is 0.900. The van der Waals surface area contributed by atoms with Crippen molar-refractivity contribution >= 4 is 17.6 Å². The fourth-order valence-electron chi connectivity index (χ4n) is 3.18. The maximum absolute atomic E-state index is 12.3. The van der Waals surface area contributed by atoms with Crippen molar-refractivity contribution in [1.29, 1.82) is 0 Å². The fraction of sp³-hybridized carbons (Fsp3) is 0.500. The zero-order chi connectivity index (χ0) is 13.9. The molecule has 1 N–H and O–H groups in total. The molecule has 3 rings (SSSR count). The molecule has 0 atom stereocenters. The Balaban J connectivity index is 1.63. The van der Waals surface area contributed by atoms with Crippen molar-refractivity contribution in [3.63, 3.8) is 0 Å². The molecule has 3 amide bonds. The molecule has 2 aliphatic rings. The van der Waals surface area contributed by atoms with Crippen LogP contribution in [0.5, 0.6) is 0 Å². The number of para-hydroxylation sites is 1. The summed E-state index contributed by atoms with van der Waals surface area (Å²) in [6.07, 6.45) is 6.52. The minimum atomic E-state index is -0.273. The summed E-state index contributed by atoms with van der Waals surface area (Å²) >= 11 is 0. The van der Waals surface area contributed by atoms with E-state index in [0.29, 0.717) is 18.9 Å². The summed E-state index contributed by atoms with van der Waals surface area (Å²) in [7, 11) is 0. The number of nitrogens with zero attached hydrogens (tertiary/aromatic N) is 1. The van der Waals surface area contributed by atoms with Crippen molar-refractivity contribution in [3.05, 3.63) is 29.8 Å². The minimum absolute atomic E-state index is 0.132. The highest BCUT2D eigenvalue weighted by molar-refractivity contribution is 6.18. The van der Waals surface area contributed by atoms with Gasteiger partial charge in [0.05, 0.1) is 12.1 Å². The van der Waals surface area contributed by atoms with E-state index in [2.05, 4.69) is 5.32 Å². The Kier molecular flexibility index (Phi) is 3.72. The van der Waals surface area contributed by atoms with Crippen molar-refractivity contribution in [3.8, 4) is 0 Å². The van der Waals surface area contributed by atoms with Crippen LogP contribution in [0.15, 0.2) is 24.3 Å². The molecule has 1 aliphatic carbocycles. The second kappa shape index (κ2) is 5.65. The molecular weight excluding hydrogens is 252 g/mol. The highest BCUT2D eigenvalue weighted by Gasteiger charge is 2.32. The predicted octanol–water partition coefficient (Wildman–Crippen LogP) is 2.87. The molecule has 1 aliphatic heterocycles. The van der Waals surface area contributed by atoms with E-state index >= 15 is 0 Å². The highest BCUT2D eigenvalue weighted by atomic mass is 16.2. The Morgan fingerprint density at radius 2 is 1.95 bits per heavy atom. The van der Waals surface area contributed by atoms with E-state index in [1.165, 1.54) is 37.0 Å². The molecule has 0 aromatic heterocycles. The number of amides is 3. The van der Waals surface area contributed by atoms with E-state index in [0.717, 1.165) is 11.3 Å². The Labute approximate surface area is 119 Å². The van der Waals surface area contributed by atoms with Gasteiger partial charge in [-0.25, -0.2) is 9.69 Å². The standard InChI is InChI=1S/C16H20N2O2/c19-15-10-13-8-4-5-9-14(13)18(15)16(20)17-11-12-6-2-1-3-7-12/h4-5,8-9,12H,1-3,6-7,10-11H2,(H,17,20). The van der Waals surface area contributed by atoms with Gasteiger partial charge in [0.1, 0.15) is 0 Å². The number of imide groups is 1. The first kappa shape index (κ1) is 13.2. The molecule has 4 heteroatoms. The van der Waals surface area contributed by atoms with Crippen molar-refractivity contribution in [1.82, 2.24) is 5.32 Å². The number of benzene rings is 1. The Bertz CT molecular complexity index is 521. The van der Waals surface area contributed by atoms with Gasteiger partial charge in [0.2, 0.25) is 5.91 Å². The van der Waals surface area contributed by atoms with Gasteiger partial charge in [-0.05, 0) is 30.4 Å². The first-order chi connectivity index (χ1) is 9.75. The van der Waals surface area contributed by atoms with Crippen molar-refractivity contribution in [2.24, 2.45) is 5.92 Å². The van der Waals surface area contributed by atoms with Crippen LogP contribution >= 0.6 is 0 Å². The average molecular weight is 272 g/mol. The summed E-state index contributed by atoms with van der Waals surface area (Å²) in [6, 6.07) is 7.22. The molecule has 0 saturated heterocycles. The van der Waals surface area contributed by atoms with Crippen LogP contribution < -0.4 is 10.2 Å². The van der Waals surface area contributed by atoms with Crippen LogP contribution in [0.2, 0.25) is 0 Å². The summed E-state index contributed by atoms with van der Waals surface area (Å²) in [5, 5.41) is 2.93. The van der Waals surface area contributed by atoms with E-state index in [-0.39, 0.29) is 11.9 Å². The maximum atomic E-state index is 12.3. The Morgan fingerprint density at radius 1 is 1.20 bits per heavy atom. The molecule has 0 bridgehead atoms. The van der Waals surface area contributed by atoms with Gasteiger partial charge in [-0.1, -0.05) is 37.5 Å². The first-order valence-corrected chi connectivity index (χ1v) is 7.44. The third kappa shape index (κ3) is 2.55. The van der Waals surface area contributed by atoms with Crippen LogP contribution in [0.25, 0.3) is 0 Å². The number of fused-ring (bicyclic) bond motifs is 1. The molecule has 4 nitrogen and oxygen atoms in total. The third-order valence-corrected chi connectivity index (χ3v) is 4.29. The lowest BCUT2D eigenvalue weighted by atomic mass is 9.89. The molecule has 1 saturated carbocycles. The van der Waals surface area contributed by atoms with Gasteiger partial charge in [0, 0.05) is 6.54 Å². The lowest BCUT2D eigenvalue weighted by Gasteiger charge is -2.23. The zero-order valence-electron chi connectivity index (χ0n) is 11.6. The number of hydrogen-bond acceptors (Lipinski definition) is 2. The largest absolute Gasteiger partial charge is 0.337 e. The van der Waals surface area contributed by atoms with Gasteiger partial charge >= 0.3 is 6.03 Å². The van der Waals surface area contributed by atoms with Crippen molar-refractivity contribution in [2.45, 2.75) is 38.5 Å². The average Bonchev–Trinajstić information content (AvgIpc) is 2.82. The monoisotopic (exact) mass is 272 g/mol. The van der Waals surface area contributed by atoms with E-state index in [9.17, 15) is 9.59 Å². The van der Waals surface area contributed by atoms with E-state index in [4.69, 9.17) is 0 Å². The molecule has 1 heterocycles. The predicted molar refractivity (Wildman–Crippen MR) is 77.6 cm³/mol. The molecule has 1 aromatic carbocycles. The molecule has 0 radical (unpaired) electrons. The van der Waals surface area contributed by atoms with Gasteiger partial charge in [0.15, 0.2) is 0 Å². The summed E-state index contributed by atoms with van der Waals surface area (Å²) in [5.41, 5.74) is 1.67. The molecule has 0 unspecified atom stereocenters. The van der Waals surface area contributed by atoms with Gasteiger partial charge in [-0.2, -0.15) is 0 Å². The Morgan fingerprint density at radius 3 is 2.75 bits per heavy atom. The van der Waals surface area contributed by atoms with E-state index < -0.39 is 0 Å². The summed E-state index contributed by atoms with van der Waals surface area (Å²) in [5.74, 6) is 0.438. The van der Waals surface area contributed by atoms with Crippen LogP contribution in [0, 0.1) is 5.92 Å². The van der Waals surface area contributed by atoms with E-state index in [1.54, 1.807) is 0 Å². The second-order valence-corrected chi connectivity index (χ2v) is 5.72. The number of rotatable bonds is 2. The van der Waals surface area contributed by atoms with Crippen LogP contribution in [0.4, 0.5) is 10.5 Å². The fourth-order valence-corrected chi connectivity index (χ4v) is 3.18. The van der Waals surface area contributed by atoms with Crippen LogP contribution in [-0.4, -0.2) is 18.5 Å². The Hall–Kier alpha value is -1.84. The minimum Gasteiger partial charge on any atom is -0.337 e. The van der Waals surface area contributed by atoms with Crippen molar-refractivity contribution in [2.75, 3.05) is 11.4 Å². The number of carbonyl (C=O) groups excluding carboxylic acids is 2. The number of hydrogen-bond donors (Lipinski definition) is 1. The SMILES string of the molecule is O=C1Cc2ccccc2N1C(=O)NCC1CCCCC1. The maximum Gasteiger partial charge on any atom is 0.328 e. The van der Waals surface area contributed by atoms with Crippen LogP contribution in [-0.2, 0) is 11.2 Å². The number of urea groups is 1. The lowest BCUT2D eigenvalue weighted by molar-refractivity contribution is -0.116. The normalized spacial score (nSPS) is 19.0. The number of carbonyl (C=O) groups is 2. The number of nitrogens with one attached hydrogen (secondary N) is 1. The van der Waals surface area contributed by atoms with Crippen molar-refractivity contribution < 1.29 is 9.59 Å². The molecule has 106 valence electrons. The zero-order valence-corrected chi connectivity index (χ0v) is 11.6. The van der Waals surface area contributed by atoms with Gasteiger partial charge in [-0.3, -0.25) is 4.79 Å². The molecule has 0 spiro atoms. The van der Waals surface area contributed by atoms with Gasteiger partial charge in [0.25, 0.3) is 0 Å².